The lowest BCUT2D eigenvalue weighted by molar-refractivity contribution is -0.132. The van der Waals surface area contributed by atoms with E-state index < -0.39 is 0 Å². The van der Waals surface area contributed by atoms with E-state index in [-0.39, 0.29) is 5.91 Å². The molecule has 1 fully saturated rings. The van der Waals surface area contributed by atoms with Gasteiger partial charge in [-0.05, 0) is 30.2 Å². The van der Waals surface area contributed by atoms with E-state index in [9.17, 15) is 4.79 Å². The van der Waals surface area contributed by atoms with Crippen LogP contribution in [0.1, 0.15) is 20.3 Å². The number of rotatable bonds is 8. The van der Waals surface area contributed by atoms with Crippen LogP contribution in [0.25, 0.3) is 22.8 Å². The Bertz CT molecular complexity index is 977. The second kappa shape index (κ2) is 11.0. The molecule has 1 aliphatic rings. The van der Waals surface area contributed by atoms with E-state index in [1.807, 2.05) is 41.3 Å². The highest BCUT2D eigenvalue weighted by Crippen LogP contribution is 2.23. The molecule has 0 atom stereocenters. The third kappa shape index (κ3) is 6.32. The predicted molar refractivity (Wildman–Crippen MR) is 129 cm³/mol. The number of nitrogens with zero attached hydrogens (tertiary/aromatic N) is 6. The first-order chi connectivity index (χ1) is 16.1. The fourth-order valence-electron chi connectivity index (χ4n) is 3.96. The molecule has 4 heterocycles. The van der Waals surface area contributed by atoms with Gasteiger partial charge in [0.15, 0.2) is 5.82 Å². The van der Waals surface area contributed by atoms with Gasteiger partial charge in [0.1, 0.15) is 11.5 Å². The fraction of sp³-hybridized carbons (Fsp3) is 0.400. The summed E-state index contributed by atoms with van der Waals surface area (Å²) in [5.74, 6) is 2.03. The van der Waals surface area contributed by atoms with E-state index in [2.05, 4.69) is 44.0 Å². The van der Waals surface area contributed by atoms with Gasteiger partial charge in [0.2, 0.25) is 5.91 Å². The van der Waals surface area contributed by atoms with Crippen LogP contribution >= 0.6 is 0 Å². The maximum atomic E-state index is 12.7. The Morgan fingerprint density at radius 2 is 1.88 bits per heavy atom. The zero-order chi connectivity index (χ0) is 23.0. The molecule has 0 aliphatic carbocycles. The van der Waals surface area contributed by atoms with Crippen LogP contribution < -0.4 is 5.32 Å². The molecular formula is C25H31N7O. The van der Waals surface area contributed by atoms with Crippen molar-refractivity contribution in [3.8, 4) is 22.8 Å². The van der Waals surface area contributed by atoms with Gasteiger partial charge in [-0.2, -0.15) is 0 Å². The number of carbonyl (C=O) groups excluding carboxylic acids is 1. The second-order valence-corrected chi connectivity index (χ2v) is 8.67. The van der Waals surface area contributed by atoms with E-state index in [1.165, 1.54) is 0 Å². The Balaban J connectivity index is 1.40. The first-order valence-electron chi connectivity index (χ1n) is 11.5. The number of carbonyl (C=O) groups is 1. The lowest BCUT2D eigenvalue weighted by atomic mass is 10.2. The van der Waals surface area contributed by atoms with E-state index in [0.29, 0.717) is 36.2 Å². The Kier molecular flexibility index (Phi) is 7.57. The van der Waals surface area contributed by atoms with Crippen molar-refractivity contribution in [2.45, 2.75) is 20.3 Å². The first kappa shape index (κ1) is 22.8. The number of hydrogen-bond acceptors (Lipinski definition) is 7. The van der Waals surface area contributed by atoms with Crippen LogP contribution in [0.15, 0.2) is 55.0 Å². The van der Waals surface area contributed by atoms with Crippen LogP contribution in [0, 0.1) is 5.92 Å². The number of nitrogens with one attached hydrogen (secondary N) is 1. The van der Waals surface area contributed by atoms with Gasteiger partial charge in [0, 0.05) is 75.9 Å². The van der Waals surface area contributed by atoms with Crippen molar-refractivity contribution in [3.63, 3.8) is 0 Å². The molecule has 1 saturated heterocycles. The summed E-state index contributed by atoms with van der Waals surface area (Å²) < 4.78 is 0. The summed E-state index contributed by atoms with van der Waals surface area (Å²) in [5, 5.41) is 3.31. The van der Waals surface area contributed by atoms with E-state index in [4.69, 9.17) is 0 Å². The third-order valence-electron chi connectivity index (χ3n) is 5.57. The molecule has 3 aromatic rings. The van der Waals surface area contributed by atoms with Crippen molar-refractivity contribution in [2.75, 3.05) is 44.6 Å². The SMILES string of the molecule is CC(C)CN1CCN(C(=O)CCNc2cc(-c3cccnc3)nc(-c3ccccn3)n2)CC1. The van der Waals surface area contributed by atoms with Gasteiger partial charge in [-0.3, -0.25) is 19.7 Å². The van der Waals surface area contributed by atoms with Crippen LogP contribution in [0.2, 0.25) is 0 Å². The second-order valence-electron chi connectivity index (χ2n) is 8.67. The molecule has 0 radical (unpaired) electrons. The lowest BCUT2D eigenvalue weighted by Gasteiger charge is -2.35. The minimum atomic E-state index is 0.179. The molecule has 33 heavy (non-hydrogen) atoms. The molecule has 8 nitrogen and oxygen atoms in total. The largest absolute Gasteiger partial charge is 0.369 e. The minimum absolute atomic E-state index is 0.179. The Labute approximate surface area is 195 Å². The molecule has 172 valence electrons. The zero-order valence-electron chi connectivity index (χ0n) is 19.3. The third-order valence-corrected chi connectivity index (χ3v) is 5.57. The van der Waals surface area contributed by atoms with Crippen LogP contribution in [0.5, 0.6) is 0 Å². The fourth-order valence-corrected chi connectivity index (χ4v) is 3.96. The topological polar surface area (TPSA) is 87.1 Å². The number of anilines is 1. The molecule has 4 rings (SSSR count). The highest BCUT2D eigenvalue weighted by Gasteiger charge is 2.21. The highest BCUT2D eigenvalue weighted by molar-refractivity contribution is 5.77. The first-order valence-corrected chi connectivity index (χ1v) is 11.5. The molecule has 0 unspecified atom stereocenters. The molecule has 1 aliphatic heterocycles. The molecule has 0 spiro atoms. The van der Waals surface area contributed by atoms with Crippen LogP contribution in [0.3, 0.4) is 0 Å². The standard InChI is InChI=1S/C25H31N7O/c1-19(2)18-31-12-14-32(15-13-31)24(33)8-11-28-23-16-22(20-6-5-9-26-17-20)29-25(30-23)21-7-3-4-10-27-21/h3-7,9-10,16-17,19H,8,11-15,18H2,1-2H3,(H,28,29,30). The van der Waals surface area contributed by atoms with Gasteiger partial charge < -0.3 is 10.2 Å². The summed E-state index contributed by atoms with van der Waals surface area (Å²) in [4.78, 5) is 35.0. The Morgan fingerprint density at radius 3 is 2.58 bits per heavy atom. The monoisotopic (exact) mass is 445 g/mol. The molecule has 0 bridgehead atoms. The van der Waals surface area contributed by atoms with E-state index >= 15 is 0 Å². The summed E-state index contributed by atoms with van der Waals surface area (Å²) in [5.41, 5.74) is 2.35. The average Bonchev–Trinajstić information content (AvgIpc) is 2.85. The smallest absolute Gasteiger partial charge is 0.224 e. The Hall–Kier alpha value is -3.39. The van der Waals surface area contributed by atoms with E-state index in [1.54, 1.807) is 18.6 Å². The van der Waals surface area contributed by atoms with Crippen molar-refractivity contribution < 1.29 is 4.79 Å². The van der Waals surface area contributed by atoms with Crippen molar-refractivity contribution >= 4 is 11.7 Å². The van der Waals surface area contributed by atoms with Gasteiger partial charge in [-0.25, -0.2) is 9.97 Å². The summed E-state index contributed by atoms with van der Waals surface area (Å²) in [6.07, 6.45) is 5.66. The zero-order valence-corrected chi connectivity index (χ0v) is 19.3. The summed E-state index contributed by atoms with van der Waals surface area (Å²) in [6.45, 7) is 9.56. The lowest BCUT2D eigenvalue weighted by Crippen LogP contribution is -2.49. The van der Waals surface area contributed by atoms with Gasteiger partial charge in [0.05, 0.1) is 5.69 Å². The molecule has 1 N–H and O–H groups in total. The maximum Gasteiger partial charge on any atom is 0.224 e. The summed E-state index contributed by atoms with van der Waals surface area (Å²) >= 11 is 0. The van der Waals surface area contributed by atoms with Gasteiger partial charge >= 0.3 is 0 Å². The van der Waals surface area contributed by atoms with E-state index in [0.717, 1.165) is 44.0 Å². The number of pyridine rings is 2. The molecule has 3 aromatic heterocycles. The summed E-state index contributed by atoms with van der Waals surface area (Å²) in [6, 6.07) is 11.4. The molecular weight excluding hydrogens is 414 g/mol. The molecule has 8 heteroatoms. The molecule has 0 aromatic carbocycles. The maximum absolute atomic E-state index is 12.7. The molecule has 1 amide bonds. The van der Waals surface area contributed by atoms with Crippen LogP contribution in [-0.2, 0) is 4.79 Å². The normalized spacial score (nSPS) is 14.5. The Morgan fingerprint density at radius 1 is 1.03 bits per heavy atom. The number of hydrogen-bond donors (Lipinski definition) is 1. The minimum Gasteiger partial charge on any atom is -0.369 e. The predicted octanol–water partition coefficient (Wildman–Crippen LogP) is 3.20. The van der Waals surface area contributed by atoms with Crippen molar-refractivity contribution in [1.29, 1.82) is 0 Å². The van der Waals surface area contributed by atoms with Crippen molar-refractivity contribution in [3.05, 3.63) is 55.0 Å². The summed E-state index contributed by atoms with van der Waals surface area (Å²) in [7, 11) is 0. The van der Waals surface area contributed by atoms with Crippen molar-refractivity contribution in [1.82, 2.24) is 29.7 Å². The van der Waals surface area contributed by atoms with Crippen LogP contribution in [-0.4, -0.2) is 74.9 Å². The quantitative estimate of drug-likeness (QED) is 0.570. The van der Waals surface area contributed by atoms with Gasteiger partial charge in [-0.1, -0.05) is 19.9 Å². The van der Waals surface area contributed by atoms with Crippen molar-refractivity contribution in [2.24, 2.45) is 5.92 Å². The van der Waals surface area contributed by atoms with Crippen LogP contribution in [0.4, 0.5) is 5.82 Å². The molecule has 0 saturated carbocycles. The van der Waals surface area contributed by atoms with Gasteiger partial charge in [-0.15, -0.1) is 0 Å². The average molecular weight is 446 g/mol. The van der Waals surface area contributed by atoms with Gasteiger partial charge in [0.25, 0.3) is 0 Å². The number of amides is 1. The highest BCUT2D eigenvalue weighted by atomic mass is 16.2. The number of aromatic nitrogens is 4. The number of piperazine rings is 1.